The van der Waals surface area contributed by atoms with Crippen LogP contribution in [0.15, 0.2) is 28.0 Å². The Labute approximate surface area is 141 Å². The van der Waals surface area contributed by atoms with Gasteiger partial charge in [-0.2, -0.15) is 5.26 Å². The van der Waals surface area contributed by atoms with Crippen molar-refractivity contribution in [3.63, 3.8) is 0 Å². The van der Waals surface area contributed by atoms with E-state index in [1.807, 2.05) is 13.0 Å². The highest BCUT2D eigenvalue weighted by Gasteiger charge is 2.17. The molecule has 0 fully saturated rings. The molecular weight excluding hydrogens is 340 g/mol. The number of halogens is 1. The number of aromatic nitrogens is 2. The molecule has 0 aliphatic carbocycles. The number of amides is 1. The van der Waals surface area contributed by atoms with Gasteiger partial charge in [0, 0.05) is 17.3 Å². The summed E-state index contributed by atoms with van der Waals surface area (Å²) in [5.74, 6) is 0.180. The van der Waals surface area contributed by atoms with Gasteiger partial charge in [0.15, 0.2) is 4.34 Å². The third-order valence-electron chi connectivity index (χ3n) is 2.86. The Morgan fingerprint density at radius 3 is 3.00 bits per heavy atom. The standard InChI is InChI=1S/C14H13ClN4OS2/c1-10-7-11(3-4-12(10)15)19(6-2-5-16)13(20)8-21-14-18-17-9-22-14/h3-4,7,9H,2,6,8H2,1H3. The maximum atomic E-state index is 12.5. The normalized spacial score (nSPS) is 10.2. The van der Waals surface area contributed by atoms with E-state index < -0.39 is 0 Å². The van der Waals surface area contributed by atoms with Gasteiger partial charge in [0.1, 0.15) is 5.51 Å². The molecule has 1 aromatic heterocycles. The molecule has 0 aliphatic rings. The smallest absolute Gasteiger partial charge is 0.237 e. The highest BCUT2D eigenvalue weighted by Crippen LogP contribution is 2.25. The topological polar surface area (TPSA) is 69.9 Å². The number of rotatable bonds is 6. The Morgan fingerprint density at radius 2 is 2.36 bits per heavy atom. The van der Waals surface area contributed by atoms with Gasteiger partial charge in [-0.05, 0) is 30.7 Å². The van der Waals surface area contributed by atoms with Gasteiger partial charge in [-0.25, -0.2) is 0 Å². The average Bonchev–Trinajstić information content (AvgIpc) is 3.02. The number of nitriles is 1. The van der Waals surface area contributed by atoms with Gasteiger partial charge in [0.2, 0.25) is 5.91 Å². The molecule has 0 atom stereocenters. The van der Waals surface area contributed by atoms with Crippen molar-refractivity contribution in [2.45, 2.75) is 17.7 Å². The van der Waals surface area contributed by atoms with E-state index >= 15 is 0 Å². The first-order valence-corrected chi connectivity index (χ1v) is 8.68. The molecule has 0 radical (unpaired) electrons. The number of benzene rings is 1. The van der Waals surface area contributed by atoms with Crippen LogP contribution in [0.1, 0.15) is 12.0 Å². The van der Waals surface area contributed by atoms with E-state index in [9.17, 15) is 4.79 Å². The molecular formula is C14H13ClN4OS2. The van der Waals surface area contributed by atoms with E-state index in [0.717, 1.165) is 15.6 Å². The Bertz CT molecular complexity index is 685. The van der Waals surface area contributed by atoms with Crippen LogP contribution in [0.2, 0.25) is 5.02 Å². The monoisotopic (exact) mass is 352 g/mol. The molecule has 8 heteroatoms. The van der Waals surface area contributed by atoms with Gasteiger partial charge in [-0.15, -0.1) is 10.2 Å². The van der Waals surface area contributed by atoms with Crippen molar-refractivity contribution < 1.29 is 4.79 Å². The lowest BCUT2D eigenvalue weighted by atomic mass is 10.2. The first-order valence-electron chi connectivity index (χ1n) is 6.44. The maximum Gasteiger partial charge on any atom is 0.237 e. The Morgan fingerprint density at radius 1 is 1.55 bits per heavy atom. The largest absolute Gasteiger partial charge is 0.311 e. The summed E-state index contributed by atoms with van der Waals surface area (Å²) in [5.41, 5.74) is 3.27. The first kappa shape index (κ1) is 16.7. The highest BCUT2D eigenvalue weighted by molar-refractivity contribution is 8.01. The number of hydrogen-bond donors (Lipinski definition) is 0. The van der Waals surface area contributed by atoms with E-state index in [2.05, 4.69) is 16.3 Å². The molecule has 0 N–H and O–H groups in total. The van der Waals surface area contributed by atoms with E-state index in [1.165, 1.54) is 23.1 Å². The van der Waals surface area contributed by atoms with Crippen molar-refractivity contribution in [3.8, 4) is 6.07 Å². The second-order valence-corrected chi connectivity index (χ2v) is 6.84. The molecule has 2 rings (SSSR count). The summed E-state index contributed by atoms with van der Waals surface area (Å²) in [6.45, 7) is 2.24. The van der Waals surface area contributed by atoms with Crippen molar-refractivity contribution in [3.05, 3.63) is 34.3 Å². The molecule has 0 saturated carbocycles. The molecule has 0 spiro atoms. The predicted molar refractivity (Wildman–Crippen MR) is 89.4 cm³/mol. The number of anilines is 1. The van der Waals surface area contributed by atoms with Crippen LogP contribution in [0.25, 0.3) is 0 Å². The molecule has 0 unspecified atom stereocenters. The molecule has 0 saturated heterocycles. The summed E-state index contributed by atoms with van der Waals surface area (Å²) < 4.78 is 0.751. The van der Waals surface area contributed by atoms with Gasteiger partial charge in [-0.3, -0.25) is 4.79 Å². The van der Waals surface area contributed by atoms with E-state index in [-0.39, 0.29) is 18.1 Å². The van der Waals surface area contributed by atoms with Crippen molar-refractivity contribution >= 4 is 46.3 Å². The predicted octanol–water partition coefficient (Wildman–Crippen LogP) is 3.54. The number of nitrogens with zero attached hydrogens (tertiary/aromatic N) is 4. The number of thioether (sulfide) groups is 1. The highest BCUT2D eigenvalue weighted by atomic mass is 35.5. The Hall–Kier alpha value is -1.62. The Kier molecular flexibility index (Phi) is 6.19. The van der Waals surface area contributed by atoms with Gasteiger partial charge in [-0.1, -0.05) is 34.7 Å². The van der Waals surface area contributed by atoms with E-state index in [0.29, 0.717) is 11.6 Å². The summed E-state index contributed by atoms with van der Waals surface area (Å²) in [6.07, 6.45) is 0.275. The number of aryl methyl sites for hydroxylation is 1. The maximum absolute atomic E-state index is 12.5. The molecule has 22 heavy (non-hydrogen) atoms. The van der Waals surface area contributed by atoms with Crippen LogP contribution in [0.3, 0.4) is 0 Å². The van der Waals surface area contributed by atoms with Gasteiger partial charge in [0.05, 0.1) is 18.2 Å². The summed E-state index contributed by atoms with van der Waals surface area (Å²) in [5, 5.41) is 17.1. The van der Waals surface area contributed by atoms with Crippen molar-refractivity contribution in [1.82, 2.24) is 10.2 Å². The SMILES string of the molecule is Cc1cc(N(CCC#N)C(=O)CSc2nncs2)ccc1Cl. The lowest BCUT2D eigenvalue weighted by molar-refractivity contribution is -0.116. The molecule has 1 heterocycles. The van der Waals surface area contributed by atoms with Gasteiger partial charge in [0.25, 0.3) is 0 Å². The number of carbonyl (C=O) groups excluding carboxylic acids is 1. The van der Waals surface area contributed by atoms with Gasteiger partial charge < -0.3 is 4.90 Å². The minimum atomic E-state index is -0.0721. The minimum Gasteiger partial charge on any atom is -0.311 e. The van der Waals surface area contributed by atoms with Crippen LogP contribution < -0.4 is 4.90 Å². The number of carbonyl (C=O) groups is 1. The van der Waals surface area contributed by atoms with Crippen molar-refractivity contribution in [1.29, 1.82) is 5.26 Å². The second-order valence-electron chi connectivity index (χ2n) is 4.38. The summed E-state index contributed by atoms with van der Waals surface area (Å²) in [6, 6.07) is 7.48. The molecule has 2 aromatic rings. The van der Waals surface area contributed by atoms with Gasteiger partial charge >= 0.3 is 0 Å². The number of hydrogen-bond acceptors (Lipinski definition) is 6. The third kappa shape index (κ3) is 4.44. The van der Waals surface area contributed by atoms with Crippen LogP contribution in [0.4, 0.5) is 5.69 Å². The van der Waals surface area contributed by atoms with E-state index in [4.69, 9.17) is 16.9 Å². The van der Waals surface area contributed by atoms with Crippen LogP contribution >= 0.6 is 34.7 Å². The second kappa shape index (κ2) is 8.13. The fourth-order valence-electron chi connectivity index (χ4n) is 1.78. The fourth-order valence-corrected chi connectivity index (χ4v) is 3.27. The van der Waals surface area contributed by atoms with Crippen LogP contribution in [-0.2, 0) is 4.79 Å². The minimum absolute atomic E-state index is 0.0721. The average molecular weight is 353 g/mol. The lowest BCUT2D eigenvalue weighted by Crippen LogP contribution is -2.33. The zero-order valence-corrected chi connectivity index (χ0v) is 14.2. The third-order valence-corrected chi connectivity index (χ3v) is 5.13. The molecule has 1 amide bonds. The summed E-state index contributed by atoms with van der Waals surface area (Å²) in [7, 11) is 0. The molecule has 0 aliphatic heterocycles. The fraction of sp³-hybridized carbons (Fsp3) is 0.286. The zero-order valence-electron chi connectivity index (χ0n) is 11.8. The Balaban J connectivity index is 2.12. The van der Waals surface area contributed by atoms with Crippen LogP contribution in [0.5, 0.6) is 0 Å². The molecule has 5 nitrogen and oxygen atoms in total. The summed E-state index contributed by atoms with van der Waals surface area (Å²) in [4.78, 5) is 14.1. The van der Waals surface area contributed by atoms with Crippen molar-refractivity contribution in [2.75, 3.05) is 17.2 Å². The van der Waals surface area contributed by atoms with Crippen molar-refractivity contribution in [2.24, 2.45) is 0 Å². The molecule has 114 valence electrons. The lowest BCUT2D eigenvalue weighted by Gasteiger charge is -2.22. The first-order chi connectivity index (χ1) is 10.6. The van der Waals surface area contributed by atoms with E-state index in [1.54, 1.807) is 22.5 Å². The molecule has 1 aromatic carbocycles. The summed E-state index contributed by atoms with van der Waals surface area (Å²) >= 11 is 8.76. The zero-order chi connectivity index (χ0) is 15.9. The molecule has 0 bridgehead atoms. The van der Waals surface area contributed by atoms with Crippen LogP contribution in [0, 0.1) is 18.3 Å². The van der Waals surface area contributed by atoms with Crippen LogP contribution in [-0.4, -0.2) is 28.4 Å². The quantitative estimate of drug-likeness (QED) is 0.743.